The molecule has 0 amide bonds. The molecule has 1 aliphatic rings. The van der Waals surface area contributed by atoms with Crippen molar-refractivity contribution in [2.75, 3.05) is 0 Å². The van der Waals surface area contributed by atoms with Crippen LogP contribution in [0.4, 0.5) is 0 Å². The monoisotopic (exact) mass is 630 g/mol. The SMILES string of the molecule is CCCc1nc(C)n(-c2ccc(OC3CCC(=O)CC3)cc2)c(=O)c1Cc1ccc(-c2ccccc2-c2noc(=O)[nH]2)cc1.[KH]. The van der Waals surface area contributed by atoms with Gasteiger partial charge in [0.25, 0.3) is 5.56 Å². The van der Waals surface area contributed by atoms with Crippen molar-refractivity contribution in [1.29, 1.82) is 0 Å². The minimum atomic E-state index is -0.604. The number of H-pyrrole nitrogens is 1. The molecular weight excluding hydrogens is 596 g/mol. The third-order valence-corrected chi connectivity index (χ3v) is 8.07. The topological polar surface area (TPSA) is 120 Å². The number of aryl methyl sites for hydroxylation is 2. The molecule has 2 heterocycles. The Morgan fingerprint density at radius 1 is 0.933 bits per heavy atom. The van der Waals surface area contributed by atoms with Gasteiger partial charge in [0, 0.05) is 30.4 Å². The Bertz CT molecular complexity index is 1900. The average Bonchev–Trinajstić information content (AvgIpc) is 3.47. The first-order valence-corrected chi connectivity index (χ1v) is 15.0. The predicted octanol–water partition coefficient (Wildman–Crippen LogP) is 5.34. The van der Waals surface area contributed by atoms with E-state index in [1.807, 2.05) is 79.7 Å². The van der Waals surface area contributed by atoms with E-state index in [-0.39, 0.29) is 63.0 Å². The van der Waals surface area contributed by atoms with Crippen LogP contribution in [0.5, 0.6) is 5.75 Å². The van der Waals surface area contributed by atoms with Gasteiger partial charge in [-0.15, -0.1) is 0 Å². The number of benzene rings is 3. The van der Waals surface area contributed by atoms with Gasteiger partial charge in [0.15, 0.2) is 5.82 Å². The van der Waals surface area contributed by atoms with E-state index in [0.717, 1.165) is 58.6 Å². The fraction of sp³-hybridized carbons (Fsp3) is 0.286. The van der Waals surface area contributed by atoms with Crippen LogP contribution in [0.1, 0.15) is 61.7 Å². The molecule has 0 spiro atoms. The molecule has 226 valence electrons. The molecule has 0 radical (unpaired) electrons. The van der Waals surface area contributed by atoms with Crippen molar-refractivity contribution in [1.82, 2.24) is 19.7 Å². The van der Waals surface area contributed by atoms with Crippen LogP contribution in [-0.2, 0) is 17.6 Å². The normalized spacial score (nSPS) is 13.4. The van der Waals surface area contributed by atoms with Gasteiger partial charge in [-0.25, -0.2) is 9.78 Å². The molecular formula is C35H35KN4O5. The van der Waals surface area contributed by atoms with E-state index in [1.165, 1.54) is 0 Å². The van der Waals surface area contributed by atoms with Crippen LogP contribution in [0, 0.1) is 6.92 Å². The van der Waals surface area contributed by atoms with E-state index in [2.05, 4.69) is 17.1 Å². The summed E-state index contributed by atoms with van der Waals surface area (Å²) in [6.45, 7) is 3.95. The second kappa shape index (κ2) is 14.8. The number of ketones is 1. The van der Waals surface area contributed by atoms with Crippen molar-refractivity contribution < 1.29 is 14.1 Å². The van der Waals surface area contributed by atoms with Gasteiger partial charge in [-0.1, -0.05) is 67.0 Å². The molecule has 1 fully saturated rings. The molecule has 6 rings (SSSR count). The molecule has 2 aromatic heterocycles. The summed E-state index contributed by atoms with van der Waals surface area (Å²) in [5.74, 6) is 1.43. The number of nitrogens with one attached hydrogen (secondary N) is 1. The van der Waals surface area contributed by atoms with Gasteiger partial charge in [-0.05, 0) is 67.1 Å². The summed E-state index contributed by atoms with van der Waals surface area (Å²) in [6.07, 6.45) is 4.68. The van der Waals surface area contributed by atoms with E-state index in [1.54, 1.807) is 4.57 Å². The van der Waals surface area contributed by atoms with E-state index in [0.29, 0.717) is 48.7 Å². The summed E-state index contributed by atoms with van der Waals surface area (Å²) < 4.78 is 12.5. The Morgan fingerprint density at radius 2 is 1.62 bits per heavy atom. The first-order valence-electron chi connectivity index (χ1n) is 15.0. The third-order valence-electron chi connectivity index (χ3n) is 8.07. The fourth-order valence-electron chi connectivity index (χ4n) is 5.83. The summed E-state index contributed by atoms with van der Waals surface area (Å²) in [7, 11) is 0. The number of aromatic amines is 1. The molecule has 10 heteroatoms. The zero-order valence-corrected chi connectivity index (χ0v) is 24.8. The summed E-state index contributed by atoms with van der Waals surface area (Å²) >= 11 is 0. The number of aromatic nitrogens is 4. The molecule has 0 unspecified atom stereocenters. The molecule has 5 aromatic rings. The van der Waals surface area contributed by atoms with Gasteiger partial charge in [-0.2, -0.15) is 0 Å². The van der Waals surface area contributed by atoms with Crippen LogP contribution < -0.4 is 16.1 Å². The van der Waals surface area contributed by atoms with Crippen LogP contribution in [0.15, 0.2) is 86.9 Å². The number of hydrogen-bond acceptors (Lipinski definition) is 7. The standard InChI is InChI=1S/C35H34N4O5.K.H/c1-3-6-32-31(21-23-9-11-24(12-10-23)29-7-4-5-8-30(29)33-37-35(42)44-38-33)34(41)39(22(2)36-32)25-13-17-27(18-14-25)43-28-19-15-26(40)16-20-28;;/h4-5,7-14,17-18,28H,3,6,15-16,19-21H2,1-2H3,(H,37,38,42);;. The van der Waals surface area contributed by atoms with Gasteiger partial charge < -0.3 is 4.74 Å². The number of nitrogens with zero attached hydrogens (tertiary/aromatic N) is 3. The molecule has 0 bridgehead atoms. The second-order valence-electron chi connectivity index (χ2n) is 11.2. The number of hydrogen-bond donors (Lipinski definition) is 1. The van der Waals surface area contributed by atoms with Crippen LogP contribution in [0.3, 0.4) is 0 Å². The van der Waals surface area contributed by atoms with E-state index in [4.69, 9.17) is 14.2 Å². The quantitative estimate of drug-likeness (QED) is 0.219. The Hall–Kier alpha value is -3.41. The number of carbonyl (C=O) groups excluding carboxylic acids is 1. The molecule has 45 heavy (non-hydrogen) atoms. The molecule has 1 saturated carbocycles. The number of rotatable bonds is 9. The first kappa shape index (κ1) is 33.0. The second-order valence-corrected chi connectivity index (χ2v) is 11.2. The molecule has 1 N–H and O–H groups in total. The first-order chi connectivity index (χ1) is 21.4. The Balaban J connectivity index is 0.00000400. The minimum absolute atomic E-state index is 0. The zero-order chi connectivity index (χ0) is 30.6. The summed E-state index contributed by atoms with van der Waals surface area (Å²) in [5, 5.41) is 3.85. The van der Waals surface area contributed by atoms with Crippen LogP contribution in [0.25, 0.3) is 28.2 Å². The molecule has 1 aliphatic carbocycles. The van der Waals surface area contributed by atoms with Crippen molar-refractivity contribution in [3.63, 3.8) is 0 Å². The molecule has 0 atom stereocenters. The number of carbonyl (C=O) groups is 1. The summed E-state index contributed by atoms with van der Waals surface area (Å²) in [4.78, 5) is 44.6. The summed E-state index contributed by atoms with van der Waals surface area (Å²) in [5.41, 5.74) is 5.75. The van der Waals surface area contributed by atoms with Gasteiger partial charge in [-0.3, -0.25) is 23.7 Å². The number of Topliss-reactive ketones (excluding diaryl/α,β-unsaturated/α-hetero) is 1. The molecule has 0 aliphatic heterocycles. The van der Waals surface area contributed by atoms with Gasteiger partial charge in [0.1, 0.15) is 17.4 Å². The van der Waals surface area contributed by atoms with E-state index < -0.39 is 5.76 Å². The third kappa shape index (κ3) is 7.53. The van der Waals surface area contributed by atoms with E-state index >= 15 is 0 Å². The fourth-order valence-corrected chi connectivity index (χ4v) is 5.83. The maximum atomic E-state index is 14.0. The van der Waals surface area contributed by atoms with Crippen LogP contribution >= 0.6 is 0 Å². The Labute approximate surface area is 303 Å². The summed E-state index contributed by atoms with van der Waals surface area (Å²) in [6, 6.07) is 23.2. The van der Waals surface area contributed by atoms with Gasteiger partial charge in [0.05, 0.1) is 17.5 Å². The molecule has 9 nitrogen and oxygen atoms in total. The van der Waals surface area contributed by atoms with E-state index in [9.17, 15) is 14.4 Å². The number of ether oxygens (including phenoxy) is 1. The Kier molecular flexibility index (Phi) is 10.8. The molecule has 3 aromatic carbocycles. The van der Waals surface area contributed by atoms with Crippen molar-refractivity contribution in [2.45, 2.75) is 64.9 Å². The van der Waals surface area contributed by atoms with Crippen molar-refractivity contribution in [3.05, 3.63) is 116 Å². The van der Waals surface area contributed by atoms with Crippen molar-refractivity contribution in [3.8, 4) is 34.0 Å². The zero-order valence-electron chi connectivity index (χ0n) is 24.8. The maximum absolute atomic E-state index is 14.0. The van der Waals surface area contributed by atoms with Crippen molar-refractivity contribution >= 4 is 57.2 Å². The molecule has 0 saturated heterocycles. The average molecular weight is 631 g/mol. The van der Waals surface area contributed by atoms with Crippen LogP contribution in [-0.4, -0.2) is 83.0 Å². The van der Waals surface area contributed by atoms with Crippen LogP contribution in [0.2, 0.25) is 0 Å². The predicted molar refractivity (Wildman–Crippen MR) is 174 cm³/mol. The Morgan fingerprint density at radius 3 is 2.27 bits per heavy atom. The van der Waals surface area contributed by atoms with Crippen molar-refractivity contribution in [2.24, 2.45) is 0 Å². The van der Waals surface area contributed by atoms with Gasteiger partial charge >= 0.3 is 57.1 Å². The van der Waals surface area contributed by atoms with Gasteiger partial charge in [0.2, 0.25) is 0 Å².